The van der Waals surface area contributed by atoms with Crippen LogP contribution in [0.15, 0.2) is 109 Å². The van der Waals surface area contributed by atoms with Crippen LogP contribution in [0.4, 0.5) is 0 Å². The van der Waals surface area contributed by atoms with Gasteiger partial charge in [0.25, 0.3) is 0 Å². The molecule has 0 saturated heterocycles. The molecule has 1 unspecified atom stereocenters. The summed E-state index contributed by atoms with van der Waals surface area (Å²) < 4.78 is 0. The lowest BCUT2D eigenvalue weighted by Gasteiger charge is -2.30. The molecule has 210 valence electrons. The lowest BCUT2D eigenvalue weighted by Crippen LogP contribution is -2.43. The average Bonchev–Trinajstić information content (AvgIpc) is 2.93. The van der Waals surface area contributed by atoms with Crippen LogP contribution in [0.2, 0.25) is 0 Å². The molecule has 1 N–H and O–H groups in total. The second-order valence-electron chi connectivity index (χ2n) is 8.97. The van der Waals surface area contributed by atoms with Gasteiger partial charge in [-0.1, -0.05) is 108 Å². The Balaban J connectivity index is 0.00000445. The molecule has 1 aromatic heterocycles. The van der Waals surface area contributed by atoms with Crippen molar-refractivity contribution >= 4 is 0 Å². The molecule has 38 heavy (non-hydrogen) atoms. The number of nitrogens with zero attached hydrogens (tertiary/aromatic N) is 3. The first-order valence-corrected chi connectivity index (χ1v) is 13.8. The van der Waals surface area contributed by atoms with E-state index in [2.05, 4.69) is 108 Å². The highest BCUT2D eigenvalue weighted by Gasteiger charge is 2.15. The Bertz CT molecular complexity index is 906. The summed E-state index contributed by atoms with van der Waals surface area (Å²) >= 11 is 0. The summed E-state index contributed by atoms with van der Waals surface area (Å²) in [5, 5.41) is 3.49. The third-order valence-corrected chi connectivity index (χ3v) is 5.83. The number of unbranched alkanes of at least 4 members (excludes halogenated alkanes) is 1. The van der Waals surface area contributed by atoms with Crippen molar-refractivity contribution in [3.8, 4) is 0 Å². The van der Waals surface area contributed by atoms with Crippen LogP contribution in [0.5, 0.6) is 0 Å². The number of dihydropyridines is 1. The number of hydrogen-bond donors (Lipinski definition) is 1. The van der Waals surface area contributed by atoms with E-state index in [1.54, 1.807) is 0 Å². The normalized spacial score (nSPS) is 15.5. The number of pyridine rings is 1. The molecule has 0 bridgehead atoms. The molecule has 0 fully saturated rings. The van der Waals surface area contributed by atoms with Gasteiger partial charge in [0.2, 0.25) is 0 Å². The maximum atomic E-state index is 4.58. The van der Waals surface area contributed by atoms with Crippen LogP contribution < -0.4 is 5.32 Å². The molecule has 1 aromatic rings. The third kappa shape index (κ3) is 16.0. The van der Waals surface area contributed by atoms with Crippen LogP contribution in [0.3, 0.4) is 0 Å². The van der Waals surface area contributed by atoms with Gasteiger partial charge in [0.1, 0.15) is 0 Å². The zero-order chi connectivity index (χ0) is 27.1. The molecule has 4 heteroatoms. The second-order valence-corrected chi connectivity index (χ2v) is 8.97. The Morgan fingerprint density at radius 3 is 2.53 bits per heavy atom. The Morgan fingerprint density at radius 1 is 1.11 bits per heavy atom. The molecule has 0 aromatic carbocycles. The van der Waals surface area contributed by atoms with Crippen molar-refractivity contribution < 1.29 is 0 Å². The van der Waals surface area contributed by atoms with E-state index in [1.807, 2.05) is 44.5 Å². The molecule has 0 radical (unpaired) electrons. The second kappa shape index (κ2) is 23.2. The van der Waals surface area contributed by atoms with E-state index in [-0.39, 0.29) is 7.43 Å². The van der Waals surface area contributed by atoms with Crippen LogP contribution in [0, 0.1) is 0 Å². The Labute approximate surface area is 234 Å². The fourth-order valence-electron chi connectivity index (χ4n) is 3.94. The summed E-state index contributed by atoms with van der Waals surface area (Å²) in [6.45, 7) is 19.9. The lowest BCUT2D eigenvalue weighted by atomic mass is 10.1. The molecule has 0 spiro atoms. The van der Waals surface area contributed by atoms with Gasteiger partial charge in [-0.2, -0.15) is 0 Å². The van der Waals surface area contributed by atoms with Crippen molar-refractivity contribution in [1.29, 1.82) is 0 Å². The van der Waals surface area contributed by atoms with Crippen molar-refractivity contribution in [2.24, 2.45) is 0 Å². The monoisotopic (exact) mass is 518 g/mol. The van der Waals surface area contributed by atoms with E-state index in [1.165, 1.54) is 17.6 Å². The van der Waals surface area contributed by atoms with Crippen LogP contribution in [0.1, 0.15) is 60.6 Å². The summed E-state index contributed by atoms with van der Waals surface area (Å²) in [6, 6.07) is 6.48. The van der Waals surface area contributed by atoms with Gasteiger partial charge in [-0.3, -0.25) is 14.8 Å². The van der Waals surface area contributed by atoms with Gasteiger partial charge in [-0.25, -0.2) is 0 Å². The van der Waals surface area contributed by atoms with E-state index >= 15 is 0 Å². The fraction of sp³-hybridized carbons (Fsp3) is 0.441. The predicted molar refractivity (Wildman–Crippen MR) is 170 cm³/mol. The Morgan fingerprint density at radius 2 is 1.89 bits per heavy atom. The molecular formula is C34H54N4. The average molecular weight is 519 g/mol. The number of nitrogens with one attached hydrogen (secondary N) is 1. The molecular weight excluding hydrogens is 464 g/mol. The quantitative estimate of drug-likeness (QED) is 0.226. The van der Waals surface area contributed by atoms with Crippen molar-refractivity contribution in [2.45, 2.75) is 67.5 Å². The molecule has 1 aliphatic rings. The first kappa shape index (κ1) is 35.0. The standard InChI is InChI=1S/C31H44N4.C2H6.CH4/c1-5-8-10-16-28(4)24-34(26-30-18-12-14-20-32-30)22-23-35(27-31-19-13-15-21-33-31)25-29(7-3)17-11-9-6-2;1-2;/h5,7-8,10-21,31,33H,1,6,9,22-27H2,2-4H3;1-2H3;1H4/b10-8-,17-11+,28-16+,29-7+;;. The lowest BCUT2D eigenvalue weighted by molar-refractivity contribution is 0.210. The first-order chi connectivity index (χ1) is 18.1. The molecule has 2 rings (SSSR count). The molecule has 1 aliphatic heterocycles. The van der Waals surface area contributed by atoms with Gasteiger partial charge in [-0.15, -0.1) is 0 Å². The van der Waals surface area contributed by atoms with Crippen LogP contribution >= 0.6 is 0 Å². The van der Waals surface area contributed by atoms with Gasteiger partial charge in [0.05, 0.1) is 11.7 Å². The number of hydrogen-bond acceptors (Lipinski definition) is 4. The summed E-state index contributed by atoms with van der Waals surface area (Å²) in [7, 11) is 0. The summed E-state index contributed by atoms with van der Waals surface area (Å²) in [4.78, 5) is 9.64. The summed E-state index contributed by atoms with van der Waals surface area (Å²) in [6.07, 6.45) is 27.5. The van der Waals surface area contributed by atoms with Gasteiger partial charge >= 0.3 is 0 Å². The van der Waals surface area contributed by atoms with Crippen LogP contribution in [0.25, 0.3) is 0 Å². The highest BCUT2D eigenvalue weighted by molar-refractivity contribution is 5.20. The zero-order valence-electron chi connectivity index (χ0n) is 23.9. The smallest absolute Gasteiger partial charge is 0.0569 e. The summed E-state index contributed by atoms with van der Waals surface area (Å²) in [5.41, 5.74) is 3.80. The minimum Gasteiger partial charge on any atom is -0.383 e. The van der Waals surface area contributed by atoms with Gasteiger partial charge < -0.3 is 5.32 Å². The van der Waals surface area contributed by atoms with Crippen LogP contribution in [-0.4, -0.2) is 53.5 Å². The topological polar surface area (TPSA) is 31.4 Å². The van der Waals surface area contributed by atoms with Gasteiger partial charge in [-0.05, 0) is 50.3 Å². The minimum atomic E-state index is 0. The summed E-state index contributed by atoms with van der Waals surface area (Å²) in [5.74, 6) is 0. The Kier molecular flexibility index (Phi) is 21.4. The SMILES string of the molecule is C.C=C/C=C\C=C(/C)CN(CCN(CC(/C=C/CCC)=C/C)CC1C=CC=CN1)Cc1ccccn1.CC. The maximum Gasteiger partial charge on any atom is 0.0569 e. The predicted octanol–water partition coefficient (Wildman–Crippen LogP) is 7.88. The molecule has 0 aliphatic carbocycles. The zero-order valence-corrected chi connectivity index (χ0v) is 23.9. The van der Waals surface area contributed by atoms with Gasteiger partial charge in [0.15, 0.2) is 0 Å². The Hall–Kier alpha value is -2.95. The minimum absolute atomic E-state index is 0. The molecule has 2 heterocycles. The van der Waals surface area contributed by atoms with Crippen molar-refractivity contribution in [3.05, 3.63) is 115 Å². The highest BCUT2D eigenvalue weighted by Crippen LogP contribution is 2.10. The fourth-order valence-corrected chi connectivity index (χ4v) is 3.94. The van der Waals surface area contributed by atoms with E-state index in [0.717, 1.165) is 51.4 Å². The largest absolute Gasteiger partial charge is 0.383 e. The molecule has 1 atom stereocenters. The van der Waals surface area contributed by atoms with Crippen molar-refractivity contribution in [2.75, 3.05) is 32.7 Å². The van der Waals surface area contributed by atoms with Gasteiger partial charge in [0, 0.05) is 45.5 Å². The van der Waals surface area contributed by atoms with Crippen LogP contribution in [-0.2, 0) is 6.54 Å². The maximum absolute atomic E-state index is 4.58. The van der Waals surface area contributed by atoms with E-state index in [4.69, 9.17) is 0 Å². The number of aromatic nitrogens is 1. The van der Waals surface area contributed by atoms with E-state index in [0.29, 0.717) is 6.04 Å². The molecule has 4 nitrogen and oxygen atoms in total. The molecule has 0 amide bonds. The van der Waals surface area contributed by atoms with Crippen molar-refractivity contribution in [3.63, 3.8) is 0 Å². The number of rotatable bonds is 16. The van der Waals surface area contributed by atoms with Crippen molar-refractivity contribution in [1.82, 2.24) is 20.1 Å². The number of allylic oxidation sites excluding steroid dienone is 8. The van der Waals surface area contributed by atoms with E-state index < -0.39 is 0 Å². The van der Waals surface area contributed by atoms with E-state index in [9.17, 15) is 0 Å². The third-order valence-electron chi connectivity index (χ3n) is 5.83. The highest BCUT2D eigenvalue weighted by atomic mass is 15.2. The first-order valence-electron chi connectivity index (χ1n) is 13.8. The molecule has 0 saturated carbocycles.